The molecule has 0 saturated heterocycles. The number of hydrogen-bond acceptors (Lipinski definition) is 8. The molecule has 0 spiro atoms. The molecule has 0 bridgehead atoms. The van der Waals surface area contributed by atoms with Crippen LogP contribution in [0.25, 0.3) is 27.8 Å². The van der Waals surface area contributed by atoms with Crippen LogP contribution in [0.3, 0.4) is 0 Å². The summed E-state index contributed by atoms with van der Waals surface area (Å²) in [6, 6.07) is 7.70. The molecule has 1 aromatic carbocycles. The summed E-state index contributed by atoms with van der Waals surface area (Å²) in [7, 11) is 0. The predicted molar refractivity (Wildman–Crippen MR) is 127 cm³/mol. The SMILES string of the molecule is CC[C@@H]1c2nnc(C)n2-c2cnc(-c3cn[nH]c3-c3nccs3)nc2N1c1ccc(Cl)cc1. The topological polar surface area (TPSA) is 101 Å². The number of nitrogens with zero attached hydrogens (tertiary/aromatic N) is 8. The Bertz CT molecular complexity index is 1440. The van der Waals surface area contributed by atoms with Gasteiger partial charge in [-0.2, -0.15) is 5.10 Å². The first-order chi connectivity index (χ1) is 16.2. The summed E-state index contributed by atoms with van der Waals surface area (Å²) < 4.78 is 2.04. The molecule has 0 unspecified atom stereocenters. The molecular weight excluding hydrogens is 458 g/mol. The number of hydrogen-bond donors (Lipinski definition) is 1. The Morgan fingerprint density at radius 2 is 1.97 bits per heavy atom. The van der Waals surface area contributed by atoms with E-state index in [1.165, 1.54) is 11.3 Å². The van der Waals surface area contributed by atoms with Gasteiger partial charge in [0.25, 0.3) is 0 Å². The van der Waals surface area contributed by atoms with Crippen LogP contribution in [-0.2, 0) is 0 Å². The lowest BCUT2D eigenvalue weighted by atomic mass is 10.1. The molecule has 4 aromatic heterocycles. The van der Waals surface area contributed by atoms with E-state index in [0.29, 0.717) is 10.8 Å². The minimum Gasteiger partial charge on any atom is -0.314 e. The molecular formula is C22H18ClN9S. The van der Waals surface area contributed by atoms with Gasteiger partial charge < -0.3 is 4.90 Å². The number of aromatic amines is 1. The highest BCUT2D eigenvalue weighted by atomic mass is 35.5. The lowest BCUT2D eigenvalue weighted by molar-refractivity contribution is 0.588. The van der Waals surface area contributed by atoms with E-state index in [4.69, 9.17) is 21.6 Å². The van der Waals surface area contributed by atoms with Crippen molar-refractivity contribution in [3.63, 3.8) is 0 Å². The number of H-pyrrole nitrogens is 1. The average molecular weight is 476 g/mol. The van der Waals surface area contributed by atoms with E-state index in [1.807, 2.05) is 47.3 Å². The third-order valence-corrected chi connectivity index (χ3v) is 6.74. The first-order valence-electron chi connectivity index (χ1n) is 10.4. The van der Waals surface area contributed by atoms with Gasteiger partial charge in [0.1, 0.15) is 22.2 Å². The number of thiazole rings is 1. The molecule has 5 aromatic rings. The van der Waals surface area contributed by atoms with Crippen molar-refractivity contribution in [2.75, 3.05) is 4.90 Å². The number of halogens is 1. The van der Waals surface area contributed by atoms with Crippen molar-refractivity contribution < 1.29 is 0 Å². The van der Waals surface area contributed by atoms with E-state index in [0.717, 1.165) is 51.5 Å². The lowest BCUT2D eigenvalue weighted by Gasteiger charge is -2.37. The zero-order valence-electron chi connectivity index (χ0n) is 17.8. The molecule has 1 atom stereocenters. The van der Waals surface area contributed by atoms with E-state index in [9.17, 15) is 0 Å². The summed E-state index contributed by atoms with van der Waals surface area (Å²) in [6.45, 7) is 4.07. The Kier molecular flexibility index (Phi) is 4.70. The zero-order valence-corrected chi connectivity index (χ0v) is 19.3. The maximum Gasteiger partial charge on any atom is 0.165 e. The molecule has 1 aliphatic heterocycles. The molecule has 0 amide bonds. The van der Waals surface area contributed by atoms with Crippen molar-refractivity contribution in [3.8, 4) is 27.8 Å². The van der Waals surface area contributed by atoms with Crippen LogP contribution in [0.5, 0.6) is 0 Å². The smallest absolute Gasteiger partial charge is 0.165 e. The second-order valence-corrected chi connectivity index (χ2v) is 8.94. The van der Waals surface area contributed by atoms with Crippen molar-refractivity contribution in [2.24, 2.45) is 0 Å². The Morgan fingerprint density at radius 3 is 2.73 bits per heavy atom. The summed E-state index contributed by atoms with van der Waals surface area (Å²) in [5.41, 5.74) is 3.39. The van der Waals surface area contributed by atoms with E-state index >= 15 is 0 Å². The molecule has 164 valence electrons. The van der Waals surface area contributed by atoms with Gasteiger partial charge in [0.2, 0.25) is 0 Å². The third kappa shape index (κ3) is 3.13. The van der Waals surface area contributed by atoms with Crippen molar-refractivity contribution in [1.82, 2.24) is 39.9 Å². The van der Waals surface area contributed by atoms with Crippen LogP contribution >= 0.6 is 22.9 Å². The van der Waals surface area contributed by atoms with Crippen molar-refractivity contribution in [3.05, 3.63) is 64.9 Å². The molecule has 1 N–H and O–H groups in total. The maximum atomic E-state index is 6.18. The monoisotopic (exact) mass is 475 g/mol. The Morgan fingerprint density at radius 1 is 1.12 bits per heavy atom. The van der Waals surface area contributed by atoms with Crippen LogP contribution in [0, 0.1) is 6.92 Å². The number of fused-ring (bicyclic) bond motifs is 3. The molecule has 5 heterocycles. The summed E-state index contributed by atoms with van der Waals surface area (Å²) in [4.78, 5) is 16.3. The van der Waals surface area contributed by atoms with E-state index in [2.05, 4.69) is 37.2 Å². The van der Waals surface area contributed by atoms with Gasteiger partial charge in [-0.05, 0) is 37.6 Å². The number of benzene rings is 1. The zero-order chi connectivity index (χ0) is 22.5. The van der Waals surface area contributed by atoms with Gasteiger partial charge in [-0.3, -0.25) is 9.67 Å². The lowest BCUT2D eigenvalue weighted by Crippen LogP contribution is -2.32. The minimum absolute atomic E-state index is 0.0505. The van der Waals surface area contributed by atoms with Crippen LogP contribution in [-0.4, -0.2) is 39.9 Å². The minimum atomic E-state index is -0.0505. The number of rotatable bonds is 4. The van der Waals surface area contributed by atoms with Gasteiger partial charge in [0.15, 0.2) is 17.5 Å². The maximum absolute atomic E-state index is 6.18. The second-order valence-electron chi connectivity index (χ2n) is 7.61. The fraction of sp³-hybridized carbons (Fsp3) is 0.182. The summed E-state index contributed by atoms with van der Waals surface area (Å²) >= 11 is 7.71. The number of nitrogens with one attached hydrogen (secondary N) is 1. The molecule has 9 nitrogen and oxygen atoms in total. The first-order valence-corrected chi connectivity index (χ1v) is 11.7. The molecule has 11 heteroatoms. The number of anilines is 2. The molecule has 0 radical (unpaired) electrons. The summed E-state index contributed by atoms with van der Waals surface area (Å²) in [5.74, 6) is 3.00. The quantitative estimate of drug-likeness (QED) is 0.384. The molecule has 0 aliphatic carbocycles. The Balaban J connectivity index is 1.58. The third-order valence-electron chi connectivity index (χ3n) is 5.70. The summed E-state index contributed by atoms with van der Waals surface area (Å²) in [5, 5.41) is 19.6. The highest BCUT2D eigenvalue weighted by Gasteiger charge is 2.36. The van der Waals surface area contributed by atoms with Crippen LogP contribution in [0.15, 0.2) is 48.2 Å². The molecule has 1 aliphatic rings. The fourth-order valence-electron chi connectivity index (χ4n) is 4.22. The summed E-state index contributed by atoms with van der Waals surface area (Å²) in [6.07, 6.45) is 6.14. The van der Waals surface area contributed by atoms with Crippen LogP contribution in [0.2, 0.25) is 5.02 Å². The standard InChI is InChI=1S/C22H18ClN9S/c1-3-16-21-30-28-12(2)31(21)17-11-25-19(15-10-26-29-18(15)22-24-8-9-33-22)27-20(17)32(16)14-6-4-13(23)5-7-14/h4-11,16H,3H2,1-2H3,(H,26,29)/t16-/m1/s1. The highest BCUT2D eigenvalue weighted by molar-refractivity contribution is 7.13. The Hall–Kier alpha value is -3.63. The van der Waals surface area contributed by atoms with Crippen molar-refractivity contribution >= 4 is 34.4 Å². The number of aromatic nitrogens is 8. The van der Waals surface area contributed by atoms with Crippen LogP contribution in [0.4, 0.5) is 11.5 Å². The highest BCUT2D eigenvalue weighted by Crippen LogP contribution is 2.44. The van der Waals surface area contributed by atoms with Crippen molar-refractivity contribution in [1.29, 1.82) is 0 Å². The van der Waals surface area contributed by atoms with Gasteiger partial charge in [-0.15, -0.1) is 21.5 Å². The van der Waals surface area contributed by atoms with Crippen molar-refractivity contribution in [2.45, 2.75) is 26.3 Å². The van der Waals surface area contributed by atoms with Crippen LogP contribution in [0.1, 0.15) is 31.0 Å². The number of aryl methyl sites for hydroxylation is 1. The predicted octanol–water partition coefficient (Wildman–Crippen LogP) is 5.14. The molecule has 0 fully saturated rings. The van der Waals surface area contributed by atoms with Crippen LogP contribution < -0.4 is 4.90 Å². The largest absolute Gasteiger partial charge is 0.314 e. The molecule has 33 heavy (non-hydrogen) atoms. The second kappa shape index (κ2) is 7.75. The van der Waals surface area contributed by atoms with Gasteiger partial charge in [0, 0.05) is 22.3 Å². The van der Waals surface area contributed by atoms with Gasteiger partial charge in [-0.25, -0.2) is 15.0 Å². The fourth-order valence-corrected chi connectivity index (χ4v) is 4.99. The average Bonchev–Trinajstić information content (AvgIpc) is 3.59. The van der Waals surface area contributed by atoms with E-state index < -0.39 is 0 Å². The molecule has 0 saturated carbocycles. The van der Waals surface area contributed by atoms with Gasteiger partial charge >= 0.3 is 0 Å². The van der Waals surface area contributed by atoms with E-state index in [-0.39, 0.29) is 6.04 Å². The first kappa shape index (κ1) is 20.0. The van der Waals surface area contributed by atoms with Gasteiger partial charge in [0.05, 0.1) is 24.0 Å². The Labute approximate surface area is 198 Å². The normalized spacial score (nSPS) is 14.9. The molecule has 6 rings (SSSR count). The van der Waals surface area contributed by atoms with E-state index in [1.54, 1.807) is 12.4 Å². The van der Waals surface area contributed by atoms with Gasteiger partial charge in [-0.1, -0.05) is 18.5 Å².